The third kappa shape index (κ3) is 3.48. The van der Waals surface area contributed by atoms with Gasteiger partial charge in [0.15, 0.2) is 0 Å². The van der Waals surface area contributed by atoms with Gasteiger partial charge in [-0.2, -0.15) is 5.10 Å². The molecule has 118 valence electrons. The van der Waals surface area contributed by atoms with Gasteiger partial charge in [0.1, 0.15) is 5.69 Å². The van der Waals surface area contributed by atoms with Crippen molar-refractivity contribution in [1.29, 1.82) is 0 Å². The summed E-state index contributed by atoms with van der Waals surface area (Å²) >= 11 is 0. The molecule has 2 aromatic heterocycles. The number of H-pyrrole nitrogens is 1. The number of nitrogens with one attached hydrogen (secondary N) is 2. The summed E-state index contributed by atoms with van der Waals surface area (Å²) in [6.07, 6.45) is 6.28. The fraction of sp³-hybridized carbons (Fsp3) is 0.235. The molecule has 1 amide bonds. The molecule has 0 bridgehead atoms. The zero-order valence-electron chi connectivity index (χ0n) is 13.0. The standard InChI is InChI=1S/C17H19N5O/c1-13-15(14-6-3-2-4-7-14)20-21-16(13)17(23)19-8-5-10-22-11-9-18-12-22/h2-4,6-7,9,11-12H,5,8,10H2,1H3,(H,19,23)(H,20,21). The number of hydrogen-bond acceptors (Lipinski definition) is 3. The van der Waals surface area contributed by atoms with Gasteiger partial charge in [-0.05, 0) is 13.3 Å². The molecule has 0 radical (unpaired) electrons. The Hall–Kier alpha value is -2.89. The molecule has 0 aliphatic heterocycles. The Morgan fingerprint density at radius 2 is 2.13 bits per heavy atom. The molecule has 0 aliphatic carbocycles. The molecular weight excluding hydrogens is 290 g/mol. The van der Waals surface area contributed by atoms with E-state index in [2.05, 4.69) is 20.5 Å². The Labute approximate surface area is 134 Å². The SMILES string of the molecule is Cc1c(-c2ccccc2)n[nH]c1C(=O)NCCCn1ccnc1. The number of imidazole rings is 1. The summed E-state index contributed by atoms with van der Waals surface area (Å²) in [6, 6.07) is 9.84. The topological polar surface area (TPSA) is 75.6 Å². The molecule has 0 unspecified atom stereocenters. The highest BCUT2D eigenvalue weighted by molar-refractivity contribution is 5.95. The Balaban J connectivity index is 1.58. The van der Waals surface area contributed by atoms with Crippen LogP contribution in [-0.4, -0.2) is 32.2 Å². The van der Waals surface area contributed by atoms with E-state index in [1.165, 1.54) is 0 Å². The van der Waals surface area contributed by atoms with Gasteiger partial charge in [0.25, 0.3) is 5.91 Å². The summed E-state index contributed by atoms with van der Waals surface area (Å²) in [4.78, 5) is 16.3. The summed E-state index contributed by atoms with van der Waals surface area (Å²) < 4.78 is 1.99. The monoisotopic (exact) mass is 309 g/mol. The Morgan fingerprint density at radius 3 is 2.87 bits per heavy atom. The normalized spacial score (nSPS) is 10.7. The van der Waals surface area contributed by atoms with Crippen LogP contribution in [0.15, 0.2) is 49.1 Å². The van der Waals surface area contributed by atoms with Gasteiger partial charge in [-0.25, -0.2) is 4.98 Å². The molecule has 3 rings (SSSR count). The fourth-order valence-corrected chi connectivity index (χ4v) is 2.47. The van der Waals surface area contributed by atoms with Crippen LogP contribution in [0.25, 0.3) is 11.3 Å². The van der Waals surface area contributed by atoms with Crippen LogP contribution < -0.4 is 5.32 Å². The Bertz CT molecular complexity index is 762. The van der Waals surface area contributed by atoms with Crippen LogP contribution >= 0.6 is 0 Å². The van der Waals surface area contributed by atoms with E-state index in [4.69, 9.17) is 0 Å². The first kappa shape index (κ1) is 15.0. The van der Waals surface area contributed by atoms with Crippen LogP contribution in [0.3, 0.4) is 0 Å². The molecule has 0 fully saturated rings. The average molecular weight is 309 g/mol. The number of rotatable bonds is 6. The molecule has 0 aliphatic rings. The highest BCUT2D eigenvalue weighted by Crippen LogP contribution is 2.22. The van der Waals surface area contributed by atoms with Crippen LogP contribution in [0.5, 0.6) is 0 Å². The van der Waals surface area contributed by atoms with Gasteiger partial charge in [-0.1, -0.05) is 30.3 Å². The minimum absolute atomic E-state index is 0.122. The van der Waals surface area contributed by atoms with E-state index in [-0.39, 0.29) is 5.91 Å². The summed E-state index contributed by atoms with van der Waals surface area (Å²) in [5.41, 5.74) is 3.20. The number of carbonyl (C=O) groups excluding carboxylic acids is 1. The highest BCUT2D eigenvalue weighted by atomic mass is 16.1. The summed E-state index contributed by atoms with van der Waals surface area (Å²) in [6.45, 7) is 3.35. The molecule has 0 saturated heterocycles. The molecule has 0 atom stereocenters. The Kier molecular flexibility index (Phi) is 4.52. The first-order valence-corrected chi connectivity index (χ1v) is 7.60. The molecule has 6 heteroatoms. The lowest BCUT2D eigenvalue weighted by atomic mass is 10.1. The van der Waals surface area contributed by atoms with Crippen molar-refractivity contribution in [3.63, 3.8) is 0 Å². The molecule has 23 heavy (non-hydrogen) atoms. The second-order valence-electron chi connectivity index (χ2n) is 5.35. The first-order chi connectivity index (χ1) is 11.3. The number of hydrogen-bond donors (Lipinski definition) is 2. The third-order valence-electron chi connectivity index (χ3n) is 3.72. The minimum atomic E-state index is -0.122. The predicted molar refractivity (Wildman–Crippen MR) is 87.9 cm³/mol. The van der Waals surface area contributed by atoms with Crippen molar-refractivity contribution in [3.8, 4) is 11.3 Å². The third-order valence-corrected chi connectivity index (χ3v) is 3.72. The van der Waals surface area contributed by atoms with Crippen LogP contribution in [0.2, 0.25) is 0 Å². The largest absolute Gasteiger partial charge is 0.351 e. The van der Waals surface area contributed by atoms with E-state index in [9.17, 15) is 4.79 Å². The molecule has 2 heterocycles. The molecule has 3 aromatic rings. The van der Waals surface area contributed by atoms with Gasteiger partial charge in [0, 0.05) is 36.6 Å². The van der Waals surface area contributed by atoms with Crippen molar-refractivity contribution in [1.82, 2.24) is 25.1 Å². The highest BCUT2D eigenvalue weighted by Gasteiger charge is 2.16. The van der Waals surface area contributed by atoms with E-state index in [1.807, 2.05) is 48.0 Å². The lowest BCUT2D eigenvalue weighted by Crippen LogP contribution is -2.26. The predicted octanol–water partition coefficient (Wildman–Crippen LogP) is 2.40. The maximum absolute atomic E-state index is 12.3. The first-order valence-electron chi connectivity index (χ1n) is 7.60. The second kappa shape index (κ2) is 6.91. The second-order valence-corrected chi connectivity index (χ2v) is 5.35. The van der Waals surface area contributed by atoms with Gasteiger partial charge >= 0.3 is 0 Å². The van der Waals surface area contributed by atoms with Crippen molar-refractivity contribution in [3.05, 3.63) is 60.3 Å². The van der Waals surface area contributed by atoms with Crippen LogP contribution in [0, 0.1) is 6.92 Å². The van der Waals surface area contributed by atoms with Crippen LogP contribution in [-0.2, 0) is 6.54 Å². The van der Waals surface area contributed by atoms with Crippen molar-refractivity contribution in [2.24, 2.45) is 0 Å². The Morgan fingerprint density at radius 1 is 1.30 bits per heavy atom. The van der Waals surface area contributed by atoms with Gasteiger partial charge in [-0.15, -0.1) is 0 Å². The molecule has 2 N–H and O–H groups in total. The van der Waals surface area contributed by atoms with E-state index in [0.29, 0.717) is 12.2 Å². The minimum Gasteiger partial charge on any atom is -0.351 e. The summed E-state index contributed by atoms with van der Waals surface area (Å²) in [7, 11) is 0. The van der Waals surface area contributed by atoms with E-state index < -0.39 is 0 Å². The molecule has 0 spiro atoms. The maximum Gasteiger partial charge on any atom is 0.269 e. The molecule has 6 nitrogen and oxygen atoms in total. The van der Waals surface area contributed by atoms with E-state index in [0.717, 1.165) is 29.8 Å². The molecule has 1 aromatic carbocycles. The smallest absolute Gasteiger partial charge is 0.269 e. The number of aromatic amines is 1. The lowest BCUT2D eigenvalue weighted by Gasteiger charge is -2.05. The fourth-order valence-electron chi connectivity index (χ4n) is 2.47. The van der Waals surface area contributed by atoms with Gasteiger partial charge in [-0.3, -0.25) is 9.89 Å². The van der Waals surface area contributed by atoms with Gasteiger partial charge in [0.05, 0.1) is 12.0 Å². The number of amides is 1. The van der Waals surface area contributed by atoms with Crippen molar-refractivity contribution in [2.45, 2.75) is 19.9 Å². The van der Waals surface area contributed by atoms with Crippen molar-refractivity contribution in [2.75, 3.05) is 6.54 Å². The number of carbonyl (C=O) groups is 1. The lowest BCUT2D eigenvalue weighted by molar-refractivity contribution is 0.0947. The summed E-state index contributed by atoms with van der Waals surface area (Å²) in [5, 5.41) is 10.1. The zero-order chi connectivity index (χ0) is 16.1. The van der Waals surface area contributed by atoms with Gasteiger partial charge < -0.3 is 9.88 Å². The van der Waals surface area contributed by atoms with Gasteiger partial charge in [0.2, 0.25) is 0 Å². The number of nitrogens with zero attached hydrogens (tertiary/aromatic N) is 3. The van der Waals surface area contributed by atoms with E-state index >= 15 is 0 Å². The number of aromatic nitrogens is 4. The quantitative estimate of drug-likeness (QED) is 0.687. The molecular formula is C17H19N5O. The van der Waals surface area contributed by atoms with E-state index in [1.54, 1.807) is 12.5 Å². The number of benzene rings is 1. The number of aryl methyl sites for hydroxylation is 1. The maximum atomic E-state index is 12.3. The molecule has 0 saturated carbocycles. The van der Waals surface area contributed by atoms with Crippen LogP contribution in [0.4, 0.5) is 0 Å². The van der Waals surface area contributed by atoms with Crippen molar-refractivity contribution < 1.29 is 4.79 Å². The van der Waals surface area contributed by atoms with Crippen LogP contribution in [0.1, 0.15) is 22.5 Å². The average Bonchev–Trinajstić information content (AvgIpc) is 3.22. The zero-order valence-corrected chi connectivity index (χ0v) is 13.0. The van der Waals surface area contributed by atoms with Crippen molar-refractivity contribution >= 4 is 5.91 Å². The summed E-state index contributed by atoms with van der Waals surface area (Å²) in [5.74, 6) is -0.122.